The molecule has 0 N–H and O–H groups in total. The number of allylic oxidation sites excluding steroid dienone is 1. The van der Waals surface area contributed by atoms with Crippen LogP contribution in [0.1, 0.15) is 26.3 Å². The molecule has 184 valence electrons. The van der Waals surface area contributed by atoms with E-state index in [1.165, 1.54) is 5.39 Å². The van der Waals surface area contributed by atoms with Crippen molar-refractivity contribution in [1.82, 2.24) is 9.80 Å². The van der Waals surface area contributed by atoms with Crippen LogP contribution in [0.5, 0.6) is 5.75 Å². The first-order chi connectivity index (χ1) is 17.5. The van der Waals surface area contributed by atoms with E-state index >= 15 is 0 Å². The number of fused-ring (bicyclic) bond motifs is 2. The third-order valence-electron chi connectivity index (χ3n) is 6.86. The number of carbonyl (C=O) groups is 2. The smallest absolute Gasteiger partial charge is 0.246 e. The van der Waals surface area contributed by atoms with Gasteiger partial charge in [-0.1, -0.05) is 42.5 Å². The quantitative estimate of drug-likeness (QED) is 0.340. The average Bonchev–Trinajstić information content (AvgIpc) is 3.30. The van der Waals surface area contributed by atoms with Gasteiger partial charge in [-0.3, -0.25) is 9.59 Å². The molecule has 3 aromatic carbocycles. The number of piperazine rings is 1. The number of amides is 2. The normalized spacial score (nSPS) is 14.5. The van der Waals surface area contributed by atoms with Crippen molar-refractivity contribution in [1.29, 1.82) is 0 Å². The molecule has 1 aliphatic heterocycles. The van der Waals surface area contributed by atoms with Gasteiger partial charge in [0.1, 0.15) is 11.3 Å². The second kappa shape index (κ2) is 9.90. The summed E-state index contributed by atoms with van der Waals surface area (Å²) in [5.41, 5.74) is 4.53. The van der Waals surface area contributed by atoms with E-state index in [0.29, 0.717) is 38.5 Å². The third-order valence-corrected chi connectivity index (χ3v) is 6.86. The summed E-state index contributed by atoms with van der Waals surface area (Å²) in [5.74, 6) is 0.678. The van der Waals surface area contributed by atoms with E-state index in [0.717, 1.165) is 38.6 Å². The fraction of sp³-hybridized carbons (Fsp3) is 0.267. The lowest BCUT2D eigenvalue weighted by Gasteiger charge is -2.33. The Morgan fingerprint density at radius 3 is 2.39 bits per heavy atom. The summed E-state index contributed by atoms with van der Waals surface area (Å²) in [6.07, 6.45) is 3.47. The predicted molar refractivity (Wildman–Crippen MR) is 143 cm³/mol. The summed E-state index contributed by atoms with van der Waals surface area (Å²) in [5, 5.41) is 3.30. The second-order valence-electron chi connectivity index (χ2n) is 9.11. The van der Waals surface area contributed by atoms with Gasteiger partial charge in [-0.2, -0.15) is 0 Å². The molecule has 0 bridgehead atoms. The monoisotopic (exact) mass is 482 g/mol. The highest BCUT2D eigenvalue weighted by atomic mass is 16.5. The molecule has 2 heterocycles. The van der Waals surface area contributed by atoms with Crippen molar-refractivity contribution < 1.29 is 18.7 Å². The van der Waals surface area contributed by atoms with E-state index in [2.05, 4.69) is 36.4 Å². The van der Waals surface area contributed by atoms with Crippen molar-refractivity contribution in [3.63, 3.8) is 0 Å². The minimum absolute atomic E-state index is 0.0468. The van der Waals surface area contributed by atoms with Gasteiger partial charge in [0.2, 0.25) is 11.8 Å². The molecular weight excluding hydrogens is 452 g/mol. The first-order valence-electron chi connectivity index (χ1n) is 12.4. The van der Waals surface area contributed by atoms with E-state index < -0.39 is 0 Å². The van der Waals surface area contributed by atoms with E-state index in [1.807, 2.05) is 32.0 Å². The molecule has 4 aromatic rings. The first-order valence-corrected chi connectivity index (χ1v) is 12.4. The highest BCUT2D eigenvalue weighted by molar-refractivity contribution is 6.06. The summed E-state index contributed by atoms with van der Waals surface area (Å²) >= 11 is 0. The third kappa shape index (κ3) is 4.47. The number of ether oxygens (including phenoxy) is 1. The lowest BCUT2D eigenvalue weighted by Crippen LogP contribution is -2.49. The molecule has 36 heavy (non-hydrogen) atoms. The molecule has 0 aliphatic carbocycles. The number of nitrogens with zero attached hydrogens (tertiary/aromatic N) is 2. The maximum atomic E-state index is 13.1. The summed E-state index contributed by atoms with van der Waals surface area (Å²) in [4.78, 5) is 28.2. The van der Waals surface area contributed by atoms with Crippen molar-refractivity contribution in [2.75, 3.05) is 32.8 Å². The topological polar surface area (TPSA) is 63.0 Å². The van der Waals surface area contributed by atoms with Crippen molar-refractivity contribution in [3.8, 4) is 16.9 Å². The number of carbonyl (C=O) groups excluding carboxylic acids is 2. The van der Waals surface area contributed by atoms with Crippen LogP contribution in [0.15, 0.2) is 71.4 Å². The molecule has 1 fully saturated rings. The minimum Gasteiger partial charge on any atom is -0.493 e. The zero-order chi connectivity index (χ0) is 25.2. The van der Waals surface area contributed by atoms with E-state index in [1.54, 1.807) is 29.1 Å². The van der Waals surface area contributed by atoms with Crippen LogP contribution in [-0.2, 0) is 9.59 Å². The molecule has 1 aromatic heterocycles. The number of hydrogen-bond donors (Lipinski definition) is 0. The summed E-state index contributed by atoms with van der Waals surface area (Å²) < 4.78 is 11.9. The molecule has 0 atom stereocenters. The molecule has 0 radical (unpaired) electrons. The Balaban J connectivity index is 1.53. The fourth-order valence-electron chi connectivity index (χ4n) is 4.90. The fourth-order valence-corrected chi connectivity index (χ4v) is 4.90. The molecule has 1 saturated heterocycles. The number of benzene rings is 3. The molecule has 1 aliphatic rings. The number of rotatable bonds is 5. The van der Waals surface area contributed by atoms with E-state index in [4.69, 9.17) is 9.15 Å². The highest BCUT2D eigenvalue weighted by Gasteiger charge is 2.22. The summed E-state index contributed by atoms with van der Waals surface area (Å²) in [7, 11) is 0. The van der Waals surface area contributed by atoms with Crippen LogP contribution in [0.3, 0.4) is 0 Å². The van der Waals surface area contributed by atoms with Gasteiger partial charge in [0, 0.05) is 61.8 Å². The zero-order valence-corrected chi connectivity index (χ0v) is 20.9. The average molecular weight is 483 g/mol. The Bertz CT molecular complexity index is 1470. The minimum atomic E-state index is -0.0558. The molecule has 0 saturated carbocycles. The molecule has 6 heteroatoms. The van der Waals surface area contributed by atoms with Crippen molar-refractivity contribution >= 4 is 39.1 Å². The van der Waals surface area contributed by atoms with Gasteiger partial charge in [0.25, 0.3) is 0 Å². The van der Waals surface area contributed by atoms with Gasteiger partial charge >= 0.3 is 0 Å². The van der Waals surface area contributed by atoms with Crippen LogP contribution in [0.25, 0.3) is 38.4 Å². The van der Waals surface area contributed by atoms with Gasteiger partial charge in [-0.15, -0.1) is 0 Å². The Hall–Kier alpha value is -4.06. The van der Waals surface area contributed by atoms with Crippen LogP contribution in [0.4, 0.5) is 0 Å². The van der Waals surface area contributed by atoms with Gasteiger partial charge in [-0.05, 0) is 41.8 Å². The van der Waals surface area contributed by atoms with Crippen LogP contribution < -0.4 is 4.74 Å². The summed E-state index contributed by atoms with van der Waals surface area (Å²) in [6.45, 7) is 8.14. The molecular formula is C30H30N2O4. The first kappa shape index (κ1) is 23.7. The number of hydrogen-bond acceptors (Lipinski definition) is 4. The lowest BCUT2D eigenvalue weighted by atomic mass is 9.96. The zero-order valence-electron chi connectivity index (χ0n) is 20.9. The Labute approximate surface area is 210 Å². The molecule has 5 rings (SSSR count). The van der Waals surface area contributed by atoms with E-state index in [9.17, 15) is 9.59 Å². The SMILES string of the molecule is CCOc1cc2occ(-c3cccc4ccccc34)c2cc1/C(C)=C/C(=O)N1CCN(C(C)=O)CC1. The Kier molecular flexibility index (Phi) is 6.51. The molecule has 6 nitrogen and oxygen atoms in total. The summed E-state index contributed by atoms with van der Waals surface area (Å²) in [6, 6.07) is 18.6. The standard InChI is InChI=1S/C30H30N2O4/c1-4-35-28-18-29-26(27(19-36-29)24-11-7-9-22-8-5-6-10-23(22)24)17-25(28)20(2)16-30(34)32-14-12-31(13-15-32)21(3)33/h5-11,16-19H,4,12-15H2,1-3H3/b20-16+. The highest BCUT2D eigenvalue weighted by Crippen LogP contribution is 2.39. The molecule has 0 spiro atoms. The van der Waals surface area contributed by atoms with Gasteiger partial charge in [0.05, 0.1) is 12.9 Å². The molecule has 2 amide bonds. The maximum absolute atomic E-state index is 13.1. The molecule has 0 unspecified atom stereocenters. The van der Waals surface area contributed by atoms with Gasteiger partial charge in [-0.25, -0.2) is 0 Å². The van der Waals surface area contributed by atoms with Gasteiger partial charge in [0.15, 0.2) is 0 Å². The second-order valence-corrected chi connectivity index (χ2v) is 9.11. The van der Waals surface area contributed by atoms with Crippen molar-refractivity contribution in [3.05, 3.63) is 72.5 Å². The Morgan fingerprint density at radius 2 is 1.64 bits per heavy atom. The predicted octanol–water partition coefficient (Wildman–Crippen LogP) is 5.75. The Morgan fingerprint density at radius 1 is 0.917 bits per heavy atom. The van der Waals surface area contributed by atoms with Gasteiger partial charge < -0.3 is 19.0 Å². The lowest BCUT2D eigenvalue weighted by molar-refractivity contribution is -0.135. The van der Waals surface area contributed by atoms with E-state index in [-0.39, 0.29) is 11.8 Å². The maximum Gasteiger partial charge on any atom is 0.246 e. The van der Waals surface area contributed by atoms with Crippen molar-refractivity contribution in [2.24, 2.45) is 0 Å². The van der Waals surface area contributed by atoms with Crippen molar-refractivity contribution in [2.45, 2.75) is 20.8 Å². The van der Waals surface area contributed by atoms with Crippen LogP contribution in [-0.4, -0.2) is 54.4 Å². The number of furan rings is 1. The van der Waals surface area contributed by atoms with Crippen LogP contribution in [0.2, 0.25) is 0 Å². The van der Waals surface area contributed by atoms with Crippen LogP contribution in [0, 0.1) is 0 Å². The largest absolute Gasteiger partial charge is 0.493 e. The van der Waals surface area contributed by atoms with Crippen LogP contribution >= 0.6 is 0 Å².